The molecule has 0 aromatic heterocycles. The Kier molecular flexibility index (Phi) is 6.32. The van der Waals surface area contributed by atoms with Gasteiger partial charge in [-0.25, -0.2) is 4.79 Å². The number of nitrogens with zero attached hydrogens (tertiary/aromatic N) is 1. The average Bonchev–Trinajstić information content (AvgIpc) is 2.89. The number of carbonyl (C=O) groups is 3. The van der Waals surface area contributed by atoms with Gasteiger partial charge in [0.15, 0.2) is 0 Å². The SMILES string of the molecule is O=C(NC1Cc2ccccc2C2CCCC(C(=O)O)N2C1=O)C(S)Cc1ccccc1. The molecule has 0 radical (unpaired) electrons. The first-order valence-corrected chi connectivity index (χ1v) is 11.1. The second-order valence-electron chi connectivity index (χ2n) is 8.22. The summed E-state index contributed by atoms with van der Waals surface area (Å²) in [4.78, 5) is 39.8. The molecule has 162 valence electrons. The molecule has 7 heteroatoms. The van der Waals surface area contributed by atoms with E-state index in [1.54, 1.807) is 0 Å². The average molecular weight is 439 g/mol. The second-order valence-corrected chi connectivity index (χ2v) is 8.84. The number of carboxylic acid groups (broad SMARTS) is 1. The molecule has 4 atom stereocenters. The van der Waals surface area contributed by atoms with Crippen molar-refractivity contribution in [1.82, 2.24) is 10.2 Å². The molecule has 2 heterocycles. The largest absolute Gasteiger partial charge is 0.480 e. The van der Waals surface area contributed by atoms with E-state index in [9.17, 15) is 19.5 Å². The third-order valence-corrected chi connectivity index (χ3v) is 6.61. The number of piperidine rings is 1. The number of carbonyl (C=O) groups excluding carboxylic acids is 2. The van der Waals surface area contributed by atoms with E-state index in [1.165, 1.54) is 4.90 Å². The van der Waals surface area contributed by atoms with E-state index in [-0.39, 0.29) is 17.9 Å². The van der Waals surface area contributed by atoms with Crippen LogP contribution in [0, 0.1) is 0 Å². The molecular weight excluding hydrogens is 412 g/mol. The van der Waals surface area contributed by atoms with Crippen molar-refractivity contribution in [2.45, 2.75) is 55.5 Å². The highest BCUT2D eigenvalue weighted by Gasteiger charge is 2.44. The normalized spacial score (nSPS) is 23.8. The summed E-state index contributed by atoms with van der Waals surface area (Å²) in [6.07, 6.45) is 2.66. The molecular formula is C24H26N2O4S. The van der Waals surface area contributed by atoms with Crippen LogP contribution < -0.4 is 5.32 Å². The predicted molar refractivity (Wildman–Crippen MR) is 120 cm³/mol. The van der Waals surface area contributed by atoms with Crippen LogP contribution in [0.1, 0.15) is 42.0 Å². The van der Waals surface area contributed by atoms with Crippen molar-refractivity contribution in [3.63, 3.8) is 0 Å². The Balaban J connectivity index is 1.59. The molecule has 1 saturated heterocycles. The molecule has 0 aliphatic carbocycles. The summed E-state index contributed by atoms with van der Waals surface area (Å²) >= 11 is 4.46. The fraction of sp³-hybridized carbons (Fsp3) is 0.375. The number of hydrogen-bond donors (Lipinski definition) is 3. The standard InChI is InChI=1S/C24H26N2O4S/c27-22(21(31)13-15-7-2-1-3-8-15)25-18-14-16-9-4-5-10-17(16)19-11-6-12-20(24(29)30)26(19)23(18)28/h1-5,7-10,18-21,31H,6,11-14H2,(H,25,27)(H,29,30). The number of amides is 2. The van der Waals surface area contributed by atoms with Gasteiger partial charge in [-0.05, 0) is 42.4 Å². The lowest BCUT2D eigenvalue weighted by Crippen LogP contribution is -2.56. The van der Waals surface area contributed by atoms with Crippen LogP contribution in [0.15, 0.2) is 54.6 Å². The topological polar surface area (TPSA) is 86.7 Å². The van der Waals surface area contributed by atoms with E-state index in [0.717, 1.165) is 29.5 Å². The van der Waals surface area contributed by atoms with Crippen LogP contribution in [0.3, 0.4) is 0 Å². The second kappa shape index (κ2) is 9.14. The van der Waals surface area contributed by atoms with Gasteiger partial charge in [0.05, 0.1) is 11.3 Å². The summed E-state index contributed by atoms with van der Waals surface area (Å²) in [5.41, 5.74) is 2.93. The molecule has 2 N–H and O–H groups in total. The van der Waals surface area contributed by atoms with Crippen molar-refractivity contribution in [2.24, 2.45) is 0 Å². The first-order chi connectivity index (χ1) is 15.0. The van der Waals surface area contributed by atoms with Gasteiger partial charge in [0.1, 0.15) is 12.1 Å². The molecule has 0 saturated carbocycles. The number of nitrogens with one attached hydrogen (secondary N) is 1. The summed E-state index contributed by atoms with van der Waals surface area (Å²) < 4.78 is 0. The van der Waals surface area contributed by atoms with Gasteiger partial charge in [-0.2, -0.15) is 12.6 Å². The van der Waals surface area contributed by atoms with Crippen molar-refractivity contribution in [1.29, 1.82) is 0 Å². The lowest BCUT2D eigenvalue weighted by Gasteiger charge is -2.40. The van der Waals surface area contributed by atoms with E-state index < -0.39 is 23.3 Å². The van der Waals surface area contributed by atoms with Crippen molar-refractivity contribution >= 4 is 30.4 Å². The number of thiol groups is 1. The molecule has 0 bridgehead atoms. The minimum Gasteiger partial charge on any atom is -0.480 e. The quantitative estimate of drug-likeness (QED) is 0.627. The molecule has 2 aliphatic rings. The Labute approximate surface area is 187 Å². The van der Waals surface area contributed by atoms with E-state index >= 15 is 0 Å². The predicted octanol–water partition coefficient (Wildman–Crippen LogP) is 2.78. The Morgan fingerprint density at radius 2 is 1.81 bits per heavy atom. The highest BCUT2D eigenvalue weighted by atomic mass is 32.1. The number of hydrogen-bond acceptors (Lipinski definition) is 4. The van der Waals surface area contributed by atoms with E-state index in [2.05, 4.69) is 17.9 Å². The van der Waals surface area contributed by atoms with Crippen LogP contribution in [-0.4, -0.2) is 45.1 Å². The maximum atomic E-state index is 13.5. The van der Waals surface area contributed by atoms with E-state index in [1.807, 2.05) is 54.6 Å². The highest BCUT2D eigenvalue weighted by Crippen LogP contribution is 2.39. The summed E-state index contributed by atoms with van der Waals surface area (Å²) in [5, 5.41) is 12.0. The number of aliphatic carboxylic acids is 1. The maximum absolute atomic E-state index is 13.5. The Morgan fingerprint density at radius 3 is 2.55 bits per heavy atom. The van der Waals surface area contributed by atoms with Crippen molar-refractivity contribution in [3.8, 4) is 0 Å². The summed E-state index contributed by atoms with van der Waals surface area (Å²) in [7, 11) is 0. The van der Waals surface area contributed by atoms with Gasteiger partial charge in [-0.3, -0.25) is 9.59 Å². The Bertz CT molecular complexity index is 981. The monoisotopic (exact) mass is 438 g/mol. The molecule has 2 aromatic rings. The van der Waals surface area contributed by atoms with Crippen LogP contribution in [0.4, 0.5) is 0 Å². The molecule has 6 nitrogen and oxygen atoms in total. The van der Waals surface area contributed by atoms with E-state index in [4.69, 9.17) is 0 Å². The summed E-state index contributed by atoms with van der Waals surface area (Å²) in [5.74, 6) is -1.66. The van der Waals surface area contributed by atoms with Gasteiger partial charge in [-0.15, -0.1) is 0 Å². The zero-order chi connectivity index (χ0) is 22.0. The van der Waals surface area contributed by atoms with Gasteiger partial charge < -0.3 is 15.3 Å². The fourth-order valence-corrected chi connectivity index (χ4v) is 4.98. The third-order valence-electron chi connectivity index (χ3n) is 6.19. The van der Waals surface area contributed by atoms with Crippen molar-refractivity contribution in [3.05, 3.63) is 71.3 Å². The first kappa shape index (κ1) is 21.4. The zero-order valence-corrected chi connectivity index (χ0v) is 18.0. The number of carboxylic acids is 1. The van der Waals surface area contributed by atoms with Gasteiger partial charge in [0.25, 0.3) is 0 Å². The zero-order valence-electron chi connectivity index (χ0n) is 17.1. The number of rotatable bonds is 5. The van der Waals surface area contributed by atoms with Gasteiger partial charge in [0, 0.05) is 6.42 Å². The van der Waals surface area contributed by atoms with Crippen LogP contribution in [0.25, 0.3) is 0 Å². The lowest BCUT2D eigenvalue weighted by molar-refractivity contribution is -0.156. The van der Waals surface area contributed by atoms with Crippen molar-refractivity contribution < 1.29 is 19.5 Å². The van der Waals surface area contributed by atoms with Gasteiger partial charge in [0.2, 0.25) is 11.8 Å². The highest BCUT2D eigenvalue weighted by molar-refractivity contribution is 7.81. The third kappa shape index (κ3) is 4.46. The number of fused-ring (bicyclic) bond motifs is 3. The van der Waals surface area contributed by atoms with Gasteiger partial charge in [-0.1, -0.05) is 54.6 Å². The molecule has 4 unspecified atom stereocenters. The Morgan fingerprint density at radius 1 is 1.10 bits per heavy atom. The molecule has 0 spiro atoms. The molecule has 31 heavy (non-hydrogen) atoms. The lowest BCUT2D eigenvalue weighted by atomic mass is 9.89. The van der Waals surface area contributed by atoms with Crippen LogP contribution in [0.2, 0.25) is 0 Å². The van der Waals surface area contributed by atoms with E-state index in [0.29, 0.717) is 19.3 Å². The summed E-state index contributed by atoms with van der Waals surface area (Å²) in [6, 6.07) is 15.3. The molecule has 1 fully saturated rings. The van der Waals surface area contributed by atoms with Crippen molar-refractivity contribution in [2.75, 3.05) is 0 Å². The van der Waals surface area contributed by atoms with Crippen LogP contribution in [0.5, 0.6) is 0 Å². The van der Waals surface area contributed by atoms with Crippen LogP contribution >= 0.6 is 12.6 Å². The maximum Gasteiger partial charge on any atom is 0.326 e. The summed E-state index contributed by atoms with van der Waals surface area (Å²) in [6.45, 7) is 0. The molecule has 2 aliphatic heterocycles. The fourth-order valence-electron chi connectivity index (χ4n) is 4.70. The van der Waals surface area contributed by atoms with Gasteiger partial charge >= 0.3 is 5.97 Å². The molecule has 2 amide bonds. The van der Waals surface area contributed by atoms with Crippen LogP contribution in [-0.2, 0) is 27.2 Å². The smallest absolute Gasteiger partial charge is 0.326 e. The minimum absolute atomic E-state index is 0.281. The number of benzene rings is 2. The Hall–Kier alpha value is -2.80. The first-order valence-electron chi connectivity index (χ1n) is 10.6. The minimum atomic E-state index is -1.00. The molecule has 4 rings (SSSR count). The molecule has 2 aromatic carbocycles.